The molecule has 1 unspecified atom stereocenters. The zero-order valence-electron chi connectivity index (χ0n) is 15.6. The lowest BCUT2D eigenvalue weighted by molar-refractivity contribution is 0.206. The highest BCUT2D eigenvalue weighted by molar-refractivity contribution is 5.91. The minimum atomic E-state index is -0.0943. The molecule has 1 aliphatic rings. The first kappa shape index (κ1) is 18.1. The van der Waals surface area contributed by atoms with Crippen LogP contribution in [0.15, 0.2) is 48.5 Å². The summed E-state index contributed by atoms with van der Waals surface area (Å²) in [4.78, 5) is 14.8. The monoisotopic (exact) mass is 354 g/mol. The van der Waals surface area contributed by atoms with Crippen LogP contribution in [0.25, 0.3) is 0 Å². The van der Waals surface area contributed by atoms with Gasteiger partial charge in [-0.15, -0.1) is 0 Å². The predicted octanol–water partition coefficient (Wildman–Crippen LogP) is 4.85. The van der Waals surface area contributed by atoms with E-state index in [9.17, 15) is 4.79 Å². The molecule has 0 saturated carbocycles. The second-order valence-electron chi connectivity index (χ2n) is 6.72. The molecule has 138 valence electrons. The van der Waals surface area contributed by atoms with Crippen LogP contribution < -0.4 is 14.8 Å². The van der Waals surface area contributed by atoms with Crippen molar-refractivity contribution in [3.63, 3.8) is 0 Å². The summed E-state index contributed by atoms with van der Waals surface area (Å²) < 4.78 is 11.0. The first-order valence-electron chi connectivity index (χ1n) is 9.05. The lowest BCUT2D eigenvalue weighted by Crippen LogP contribution is -2.34. The molecular weight excluding hydrogens is 328 g/mol. The molecule has 1 heterocycles. The largest absolute Gasteiger partial charge is 0.497 e. The maximum absolute atomic E-state index is 12.9. The summed E-state index contributed by atoms with van der Waals surface area (Å²) in [6, 6.07) is 15.5. The molecule has 0 bridgehead atoms. The number of rotatable bonds is 5. The van der Waals surface area contributed by atoms with Gasteiger partial charge in [0.05, 0.1) is 24.9 Å². The van der Waals surface area contributed by atoms with Gasteiger partial charge in [0.25, 0.3) is 0 Å². The molecule has 0 aliphatic carbocycles. The van der Waals surface area contributed by atoms with Gasteiger partial charge in [-0.3, -0.25) is 0 Å². The Kier molecular flexibility index (Phi) is 5.66. The van der Waals surface area contributed by atoms with E-state index in [4.69, 9.17) is 9.47 Å². The summed E-state index contributed by atoms with van der Waals surface area (Å²) in [5.74, 6) is 1.51. The first-order valence-corrected chi connectivity index (χ1v) is 9.05. The van der Waals surface area contributed by atoms with Crippen LogP contribution in [0.4, 0.5) is 10.5 Å². The van der Waals surface area contributed by atoms with E-state index in [0.717, 1.165) is 30.7 Å². The molecule has 26 heavy (non-hydrogen) atoms. The van der Waals surface area contributed by atoms with Gasteiger partial charge in [-0.1, -0.05) is 24.3 Å². The second-order valence-corrected chi connectivity index (χ2v) is 6.72. The van der Waals surface area contributed by atoms with E-state index in [1.807, 2.05) is 67.3 Å². The van der Waals surface area contributed by atoms with Crippen molar-refractivity contribution >= 4 is 11.7 Å². The van der Waals surface area contributed by atoms with Gasteiger partial charge in [0.2, 0.25) is 0 Å². The Balaban J connectivity index is 1.74. The molecule has 0 aromatic heterocycles. The van der Waals surface area contributed by atoms with E-state index >= 15 is 0 Å². The minimum absolute atomic E-state index is 0.0480. The fourth-order valence-electron chi connectivity index (χ4n) is 3.30. The van der Waals surface area contributed by atoms with E-state index < -0.39 is 0 Å². The van der Waals surface area contributed by atoms with Crippen molar-refractivity contribution in [2.75, 3.05) is 19.0 Å². The zero-order chi connectivity index (χ0) is 18.5. The summed E-state index contributed by atoms with van der Waals surface area (Å²) in [6.45, 7) is 4.69. The summed E-state index contributed by atoms with van der Waals surface area (Å²) in [5, 5.41) is 3.02. The number of hydrogen-bond acceptors (Lipinski definition) is 3. The van der Waals surface area contributed by atoms with Crippen LogP contribution in [0.2, 0.25) is 0 Å². The topological polar surface area (TPSA) is 50.8 Å². The lowest BCUT2D eigenvalue weighted by atomic mass is 10.0. The Morgan fingerprint density at radius 3 is 2.58 bits per heavy atom. The average Bonchev–Trinajstić information content (AvgIpc) is 3.13. The molecule has 5 heteroatoms. The van der Waals surface area contributed by atoms with Crippen LogP contribution in [0.1, 0.15) is 38.3 Å². The number of likely N-dealkylation sites (tertiary alicyclic amines) is 1. The summed E-state index contributed by atoms with van der Waals surface area (Å²) in [6.07, 6.45) is 2.00. The van der Waals surface area contributed by atoms with Crippen LogP contribution in [0.3, 0.4) is 0 Å². The minimum Gasteiger partial charge on any atom is -0.497 e. The lowest BCUT2D eigenvalue weighted by Gasteiger charge is -2.26. The number of urea groups is 1. The molecule has 5 nitrogen and oxygen atoms in total. The SMILES string of the molecule is COc1ccc(C2CCCN2C(=O)Nc2ccccc2OC(C)C)cc1. The van der Waals surface area contributed by atoms with Crippen molar-refractivity contribution in [1.29, 1.82) is 0 Å². The van der Waals surface area contributed by atoms with Gasteiger partial charge in [-0.25, -0.2) is 4.79 Å². The van der Waals surface area contributed by atoms with Crippen molar-refractivity contribution in [2.45, 2.75) is 38.8 Å². The Morgan fingerprint density at radius 1 is 1.15 bits per heavy atom. The number of benzene rings is 2. The zero-order valence-corrected chi connectivity index (χ0v) is 15.6. The molecule has 1 atom stereocenters. The highest BCUT2D eigenvalue weighted by atomic mass is 16.5. The molecule has 0 spiro atoms. The molecule has 2 aromatic carbocycles. The van der Waals surface area contributed by atoms with E-state index in [1.54, 1.807) is 7.11 Å². The molecule has 0 radical (unpaired) electrons. The molecule has 1 saturated heterocycles. The third kappa shape index (κ3) is 4.10. The highest BCUT2D eigenvalue weighted by Gasteiger charge is 2.30. The fraction of sp³-hybridized carbons (Fsp3) is 0.381. The van der Waals surface area contributed by atoms with Crippen molar-refractivity contribution in [3.05, 3.63) is 54.1 Å². The van der Waals surface area contributed by atoms with E-state index in [0.29, 0.717) is 11.4 Å². The van der Waals surface area contributed by atoms with Gasteiger partial charge < -0.3 is 19.7 Å². The molecule has 1 fully saturated rings. The Hall–Kier alpha value is -2.69. The number of carbonyl (C=O) groups is 1. The summed E-state index contributed by atoms with van der Waals surface area (Å²) in [5.41, 5.74) is 1.83. The molecule has 1 N–H and O–H groups in total. The standard InChI is InChI=1S/C21H26N2O3/c1-15(2)26-20-9-5-4-7-18(20)22-21(24)23-14-6-8-19(23)16-10-12-17(25-3)13-11-16/h4-5,7,9-13,15,19H,6,8,14H2,1-3H3,(H,22,24). The first-order chi connectivity index (χ1) is 12.6. The third-order valence-electron chi connectivity index (χ3n) is 4.51. The molecule has 2 amide bonds. The Bertz CT molecular complexity index is 743. The van der Waals surface area contributed by atoms with Crippen molar-refractivity contribution in [3.8, 4) is 11.5 Å². The Labute approximate surface area is 154 Å². The van der Waals surface area contributed by atoms with E-state index in [2.05, 4.69) is 5.32 Å². The van der Waals surface area contributed by atoms with Gasteiger partial charge in [0.15, 0.2) is 0 Å². The Morgan fingerprint density at radius 2 is 1.88 bits per heavy atom. The molecular formula is C21H26N2O3. The van der Waals surface area contributed by atoms with Gasteiger partial charge >= 0.3 is 6.03 Å². The summed E-state index contributed by atoms with van der Waals surface area (Å²) >= 11 is 0. The molecule has 2 aromatic rings. The smallest absolute Gasteiger partial charge is 0.322 e. The number of amides is 2. The van der Waals surface area contributed by atoms with Crippen LogP contribution in [0, 0.1) is 0 Å². The second kappa shape index (κ2) is 8.13. The number of anilines is 1. The van der Waals surface area contributed by atoms with Gasteiger partial charge in [-0.05, 0) is 56.5 Å². The quantitative estimate of drug-likeness (QED) is 0.835. The highest BCUT2D eigenvalue weighted by Crippen LogP contribution is 2.34. The van der Waals surface area contributed by atoms with Gasteiger partial charge in [-0.2, -0.15) is 0 Å². The van der Waals surface area contributed by atoms with Gasteiger partial charge in [0, 0.05) is 6.54 Å². The van der Waals surface area contributed by atoms with E-state index in [1.165, 1.54) is 0 Å². The van der Waals surface area contributed by atoms with Crippen LogP contribution in [0.5, 0.6) is 11.5 Å². The van der Waals surface area contributed by atoms with Crippen molar-refractivity contribution in [2.24, 2.45) is 0 Å². The fourth-order valence-corrected chi connectivity index (χ4v) is 3.30. The van der Waals surface area contributed by atoms with Gasteiger partial charge in [0.1, 0.15) is 11.5 Å². The van der Waals surface area contributed by atoms with Crippen molar-refractivity contribution in [1.82, 2.24) is 4.90 Å². The number of ether oxygens (including phenoxy) is 2. The van der Waals surface area contributed by atoms with Crippen LogP contribution in [-0.2, 0) is 0 Å². The third-order valence-corrected chi connectivity index (χ3v) is 4.51. The van der Waals surface area contributed by atoms with E-state index in [-0.39, 0.29) is 18.2 Å². The number of methoxy groups -OCH3 is 1. The molecule has 3 rings (SSSR count). The van der Waals surface area contributed by atoms with Crippen LogP contribution in [-0.4, -0.2) is 30.7 Å². The number of hydrogen-bond donors (Lipinski definition) is 1. The maximum atomic E-state index is 12.9. The predicted molar refractivity (Wildman–Crippen MR) is 103 cm³/mol. The number of carbonyl (C=O) groups excluding carboxylic acids is 1. The number of nitrogens with one attached hydrogen (secondary N) is 1. The molecule has 1 aliphatic heterocycles. The summed E-state index contributed by atoms with van der Waals surface area (Å²) in [7, 11) is 1.65. The van der Waals surface area contributed by atoms with Crippen LogP contribution >= 0.6 is 0 Å². The number of para-hydroxylation sites is 2. The van der Waals surface area contributed by atoms with Crippen molar-refractivity contribution < 1.29 is 14.3 Å². The maximum Gasteiger partial charge on any atom is 0.322 e. The average molecular weight is 354 g/mol. The normalized spacial score (nSPS) is 16.6. The number of nitrogens with zero attached hydrogens (tertiary/aromatic N) is 1.